The molecule has 0 aromatic carbocycles. The van der Waals surface area contributed by atoms with E-state index in [0.29, 0.717) is 6.42 Å². The summed E-state index contributed by atoms with van der Waals surface area (Å²) in [4.78, 5) is 34.6. The number of nitrogens with two attached hydrogens (primary N) is 1. The van der Waals surface area contributed by atoms with Crippen LogP contribution < -0.4 is 16.4 Å². The Morgan fingerprint density at radius 2 is 1.80 bits per heavy atom. The Labute approximate surface area is 119 Å². The summed E-state index contributed by atoms with van der Waals surface area (Å²) in [6.45, 7) is 5.55. The van der Waals surface area contributed by atoms with Crippen LogP contribution in [0.2, 0.25) is 0 Å². The monoisotopic (exact) mass is 287 g/mol. The molecule has 0 aromatic rings. The molecule has 0 unspecified atom stereocenters. The van der Waals surface area contributed by atoms with E-state index in [9.17, 15) is 14.4 Å². The van der Waals surface area contributed by atoms with Crippen molar-refractivity contribution in [2.24, 2.45) is 11.7 Å². The molecule has 0 heterocycles. The summed E-state index contributed by atoms with van der Waals surface area (Å²) in [6.07, 6.45) is 1.47. The van der Waals surface area contributed by atoms with E-state index in [-0.39, 0.29) is 5.92 Å². The SMILES string of the molecule is CCCC[C@H](NC(=O)[C@@H](NC(=O)OC)C(C)C)C(N)=O. The number of carbonyl (C=O) groups excluding carboxylic acids is 3. The number of carbonyl (C=O) groups is 3. The van der Waals surface area contributed by atoms with E-state index in [1.54, 1.807) is 13.8 Å². The van der Waals surface area contributed by atoms with Crippen molar-refractivity contribution in [1.29, 1.82) is 0 Å². The number of alkyl carbamates (subject to hydrolysis) is 1. The van der Waals surface area contributed by atoms with Crippen molar-refractivity contribution < 1.29 is 19.1 Å². The van der Waals surface area contributed by atoms with Gasteiger partial charge < -0.3 is 21.1 Å². The van der Waals surface area contributed by atoms with Crippen LogP contribution in [-0.2, 0) is 14.3 Å². The molecule has 116 valence electrons. The number of rotatable bonds is 8. The molecule has 0 aliphatic carbocycles. The van der Waals surface area contributed by atoms with Gasteiger partial charge in [0.15, 0.2) is 0 Å². The Morgan fingerprint density at radius 1 is 1.20 bits per heavy atom. The van der Waals surface area contributed by atoms with Crippen LogP contribution in [0.4, 0.5) is 4.79 Å². The molecule has 0 aromatic heterocycles. The summed E-state index contributed by atoms with van der Waals surface area (Å²) in [6, 6.07) is -1.49. The molecule has 0 radical (unpaired) electrons. The van der Waals surface area contributed by atoms with Gasteiger partial charge in [-0.15, -0.1) is 0 Å². The molecule has 7 heteroatoms. The van der Waals surface area contributed by atoms with Gasteiger partial charge in [-0.05, 0) is 12.3 Å². The van der Waals surface area contributed by atoms with Crippen LogP contribution in [0.5, 0.6) is 0 Å². The molecule has 0 fully saturated rings. The molecule has 20 heavy (non-hydrogen) atoms. The lowest BCUT2D eigenvalue weighted by Crippen LogP contribution is -2.54. The lowest BCUT2D eigenvalue weighted by atomic mass is 10.0. The van der Waals surface area contributed by atoms with Crippen molar-refractivity contribution in [3.8, 4) is 0 Å². The van der Waals surface area contributed by atoms with Crippen molar-refractivity contribution in [2.45, 2.75) is 52.1 Å². The van der Waals surface area contributed by atoms with Crippen LogP contribution in [0.3, 0.4) is 0 Å². The van der Waals surface area contributed by atoms with E-state index in [0.717, 1.165) is 12.8 Å². The standard InChI is InChI=1S/C13H25N3O4/c1-5-6-7-9(11(14)17)15-12(18)10(8(2)3)16-13(19)20-4/h8-10H,5-7H2,1-4H3,(H2,14,17)(H,15,18)(H,16,19)/t9-,10-/m0/s1. The Hall–Kier alpha value is -1.79. The zero-order chi connectivity index (χ0) is 15.7. The molecular formula is C13H25N3O4. The number of primary amides is 1. The second-order valence-electron chi connectivity index (χ2n) is 4.96. The minimum absolute atomic E-state index is 0.145. The van der Waals surface area contributed by atoms with Crippen LogP contribution in [0.1, 0.15) is 40.0 Å². The van der Waals surface area contributed by atoms with Gasteiger partial charge in [-0.1, -0.05) is 33.6 Å². The minimum atomic E-state index is -0.772. The van der Waals surface area contributed by atoms with Crippen molar-refractivity contribution in [3.63, 3.8) is 0 Å². The molecule has 7 nitrogen and oxygen atoms in total. The smallest absolute Gasteiger partial charge is 0.407 e. The van der Waals surface area contributed by atoms with Gasteiger partial charge in [0.2, 0.25) is 11.8 Å². The highest BCUT2D eigenvalue weighted by molar-refractivity contribution is 5.90. The third kappa shape index (κ3) is 6.40. The van der Waals surface area contributed by atoms with Crippen molar-refractivity contribution in [1.82, 2.24) is 10.6 Å². The van der Waals surface area contributed by atoms with Crippen molar-refractivity contribution in [3.05, 3.63) is 0 Å². The Morgan fingerprint density at radius 3 is 2.20 bits per heavy atom. The fraction of sp³-hybridized carbons (Fsp3) is 0.769. The average molecular weight is 287 g/mol. The number of hydrogen-bond acceptors (Lipinski definition) is 4. The van der Waals surface area contributed by atoms with E-state index in [4.69, 9.17) is 5.73 Å². The van der Waals surface area contributed by atoms with Gasteiger partial charge in [-0.3, -0.25) is 9.59 Å². The first kappa shape index (κ1) is 18.2. The first-order chi connectivity index (χ1) is 9.33. The maximum atomic E-state index is 12.1. The summed E-state index contributed by atoms with van der Waals surface area (Å²) in [5.41, 5.74) is 5.26. The maximum Gasteiger partial charge on any atom is 0.407 e. The fourth-order valence-corrected chi connectivity index (χ4v) is 1.68. The van der Waals surface area contributed by atoms with Gasteiger partial charge in [-0.2, -0.15) is 0 Å². The molecule has 0 saturated carbocycles. The summed E-state index contributed by atoms with van der Waals surface area (Å²) < 4.78 is 4.48. The van der Waals surface area contributed by atoms with E-state index in [1.807, 2.05) is 6.92 Å². The van der Waals surface area contributed by atoms with Gasteiger partial charge in [0, 0.05) is 0 Å². The average Bonchev–Trinajstić information content (AvgIpc) is 2.39. The fourth-order valence-electron chi connectivity index (χ4n) is 1.68. The summed E-state index contributed by atoms with van der Waals surface area (Å²) >= 11 is 0. The predicted octanol–water partition coefficient (Wildman–Crippen LogP) is 0.527. The van der Waals surface area contributed by atoms with Crippen LogP contribution in [0.25, 0.3) is 0 Å². The van der Waals surface area contributed by atoms with E-state index >= 15 is 0 Å². The Bertz CT molecular complexity index is 345. The van der Waals surface area contributed by atoms with E-state index in [2.05, 4.69) is 15.4 Å². The van der Waals surface area contributed by atoms with E-state index < -0.39 is 30.0 Å². The molecule has 0 spiro atoms. The van der Waals surface area contributed by atoms with Gasteiger partial charge in [0.25, 0.3) is 0 Å². The van der Waals surface area contributed by atoms with Crippen LogP contribution in [-0.4, -0.2) is 37.1 Å². The first-order valence-corrected chi connectivity index (χ1v) is 6.77. The molecule has 2 atom stereocenters. The highest BCUT2D eigenvalue weighted by atomic mass is 16.5. The second kappa shape index (κ2) is 9.17. The van der Waals surface area contributed by atoms with Crippen LogP contribution in [0.15, 0.2) is 0 Å². The molecule has 0 saturated heterocycles. The van der Waals surface area contributed by atoms with Gasteiger partial charge in [-0.25, -0.2) is 4.79 Å². The molecule has 0 bridgehead atoms. The number of hydrogen-bond donors (Lipinski definition) is 3. The Kier molecular flexibility index (Phi) is 8.35. The van der Waals surface area contributed by atoms with Gasteiger partial charge in [0.1, 0.15) is 12.1 Å². The molecule has 0 rings (SSSR count). The van der Waals surface area contributed by atoms with Crippen LogP contribution >= 0.6 is 0 Å². The summed E-state index contributed by atoms with van der Waals surface area (Å²) in [7, 11) is 1.22. The van der Waals surface area contributed by atoms with Gasteiger partial charge in [0.05, 0.1) is 7.11 Å². The number of ether oxygens (including phenoxy) is 1. The predicted molar refractivity (Wildman–Crippen MR) is 74.8 cm³/mol. The molecule has 4 N–H and O–H groups in total. The number of unbranched alkanes of at least 4 members (excludes halogenated alkanes) is 1. The third-order valence-corrected chi connectivity index (χ3v) is 2.91. The number of methoxy groups -OCH3 is 1. The highest BCUT2D eigenvalue weighted by Gasteiger charge is 2.27. The summed E-state index contributed by atoms with van der Waals surface area (Å²) in [5.74, 6) is -1.16. The first-order valence-electron chi connectivity index (χ1n) is 6.77. The third-order valence-electron chi connectivity index (χ3n) is 2.91. The normalized spacial score (nSPS) is 13.4. The van der Waals surface area contributed by atoms with Crippen LogP contribution in [0, 0.1) is 5.92 Å². The lowest BCUT2D eigenvalue weighted by molar-refractivity contribution is -0.129. The van der Waals surface area contributed by atoms with Gasteiger partial charge >= 0.3 is 6.09 Å². The van der Waals surface area contributed by atoms with Crippen molar-refractivity contribution in [2.75, 3.05) is 7.11 Å². The Balaban J connectivity index is 4.70. The summed E-state index contributed by atoms with van der Waals surface area (Å²) in [5, 5.41) is 5.02. The van der Waals surface area contributed by atoms with E-state index in [1.165, 1.54) is 7.11 Å². The quantitative estimate of drug-likeness (QED) is 0.604. The highest BCUT2D eigenvalue weighted by Crippen LogP contribution is 2.05. The number of nitrogens with one attached hydrogen (secondary N) is 2. The zero-order valence-electron chi connectivity index (χ0n) is 12.6. The molecule has 3 amide bonds. The largest absolute Gasteiger partial charge is 0.453 e. The molecular weight excluding hydrogens is 262 g/mol. The van der Waals surface area contributed by atoms with Crippen molar-refractivity contribution >= 4 is 17.9 Å². The minimum Gasteiger partial charge on any atom is -0.453 e. The second-order valence-corrected chi connectivity index (χ2v) is 4.96. The maximum absolute atomic E-state index is 12.1. The lowest BCUT2D eigenvalue weighted by Gasteiger charge is -2.23. The molecule has 0 aliphatic heterocycles. The number of amides is 3. The molecule has 0 aliphatic rings. The topological polar surface area (TPSA) is 111 Å². The zero-order valence-corrected chi connectivity index (χ0v) is 12.6.